The van der Waals surface area contributed by atoms with Crippen LogP contribution in [0.2, 0.25) is 0 Å². The van der Waals surface area contributed by atoms with Gasteiger partial charge in [0, 0.05) is 6.08 Å². The SMILES string of the molecule is COc1ccc(/C=C/C(=O)NC(C)c2ncn[nH]2)cc1F. The van der Waals surface area contributed by atoms with Crippen molar-refractivity contribution < 1.29 is 13.9 Å². The minimum atomic E-state index is -0.477. The van der Waals surface area contributed by atoms with Crippen LogP contribution in [0, 0.1) is 5.82 Å². The number of rotatable bonds is 5. The zero-order chi connectivity index (χ0) is 15.2. The first-order valence-electron chi connectivity index (χ1n) is 6.27. The van der Waals surface area contributed by atoms with Crippen LogP contribution in [-0.4, -0.2) is 28.2 Å². The normalized spacial score (nSPS) is 12.3. The lowest BCUT2D eigenvalue weighted by atomic mass is 10.2. The van der Waals surface area contributed by atoms with Crippen molar-refractivity contribution in [3.8, 4) is 5.75 Å². The molecule has 1 unspecified atom stereocenters. The maximum Gasteiger partial charge on any atom is 0.244 e. The maximum absolute atomic E-state index is 13.5. The van der Waals surface area contributed by atoms with Crippen LogP contribution in [0.4, 0.5) is 4.39 Å². The highest BCUT2D eigenvalue weighted by atomic mass is 19.1. The number of carbonyl (C=O) groups is 1. The Bertz CT molecular complexity index is 640. The molecule has 2 aromatic rings. The Balaban J connectivity index is 1.97. The second kappa shape index (κ2) is 6.65. The number of amides is 1. The molecule has 0 radical (unpaired) electrons. The zero-order valence-corrected chi connectivity index (χ0v) is 11.6. The molecule has 0 fully saturated rings. The largest absolute Gasteiger partial charge is 0.494 e. The fourth-order valence-electron chi connectivity index (χ4n) is 1.71. The van der Waals surface area contributed by atoms with E-state index in [0.717, 1.165) is 0 Å². The predicted molar refractivity (Wildman–Crippen MR) is 74.9 cm³/mol. The van der Waals surface area contributed by atoms with E-state index >= 15 is 0 Å². The van der Waals surface area contributed by atoms with Gasteiger partial charge in [0.25, 0.3) is 0 Å². The van der Waals surface area contributed by atoms with E-state index < -0.39 is 5.82 Å². The lowest BCUT2D eigenvalue weighted by Gasteiger charge is -2.08. The topological polar surface area (TPSA) is 79.9 Å². The molecule has 110 valence electrons. The van der Waals surface area contributed by atoms with Crippen LogP contribution in [0.5, 0.6) is 5.75 Å². The van der Waals surface area contributed by atoms with E-state index in [1.807, 2.05) is 0 Å². The second-order valence-electron chi connectivity index (χ2n) is 4.33. The van der Waals surface area contributed by atoms with Crippen LogP contribution < -0.4 is 10.1 Å². The smallest absolute Gasteiger partial charge is 0.244 e. The van der Waals surface area contributed by atoms with Crippen LogP contribution >= 0.6 is 0 Å². The summed E-state index contributed by atoms with van der Waals surface area (Å²) in [6, 6.07) is 4.16. The Morgan fingerprint density at radius 3 is 2.95 bits per heavy atom. The van der Waals surface area contributed by atoms with Crippen molar-refractivity contribution in [2.75, 3.05) is 7.11 Å². The van der Waals surface area contributed by atoms with Gasteiger partial charge in [0.05, 0.1) is 13.2 Å². The summed E-state index contributed by atoms with van der Waals surface area (Å²) in [5.74, 6) is -0.0620. The van der Waals surface area contributed by atoms with Crippen LogP contribution in [-0.2, 0) is 4.79 Å². The zero-order valence-electron chi connectivity index (χ0n) is 11.6. The molecule has 1 heterocycles. The predicted octanol–water partition coefficient (Wildman–Crippen LogP) is 1.84. The molecular weight excluding hydrogens is 275 g/mol. The molecule has 7 heteroatoms. The number of methoxy groups -OCH3 is 1. The third-order valence-corrected chi connectivity index (χ3v) is 2.81. The molecule has 0 bridgehead atoms. The minimum absolute atomic E-state index is 0.163. The molecule has 0 spiro atoms. The van der Waals surface area contributed by atoms with Gasteiger partial charge in [0.1, 0.15) is 12.2 Å². The quantitative estimate of drug-likeness (QED) is 0.823. The van der Waals surface area contributed by atoms with Gasteiger partial charge < -0.3 is 10.1 Å². The fraction of sp³-hybridized carbons (Fsp3) is 0.214. The molecule has 0 aliphatic rings. The number of aromatic amines is 1. The van der Waals surface area contributed by atoms with Crippen molar-refractivity contribution in [1.29, 1.82) is 0 Å². The summed E-state index contributed by atoms with van der Waals surface area (Å²) >= 11 is 0. The summed E-state index contributed by atoms with van der Waals surface area (Å²) in [6.07, 6.45) is 4.22. The number of hydrogen-bond donors (Lipinski definition) is 2. The molecule has 0 aliphatic heterocycles. The Morgan fingerprint density at radius 1 is 1.52 bits per heavy atom. The van der Waals surface area contributed by atoms with Crippen LogP contribution in [0.3, 0.4) is 0 Å². The first-order chi connectivity index (χ1) is 10.1. The van der Waals surface area contributed by atoms with E-state index in [0.29, 0.717) is 11.4 Å². The minimum Gasteiger partial charge on any atom is -0.494 e. The lowest BCUT2D eigenvalue weighted by Crippen LogP contribution is -2.25. The van der Waals surface area contributed by atoms with Crippen molar-refractivity contribution in [2.24, 2.45) is 0 Å². The van der Waals surface area contributed by atoms with Crippen LogP contribution in [0.25, 0.3) is 6.08 Å². The van der Waals surface area contributed by atoms with Gasteiger partial charge in [0.2, 0.25) is 5.91 Å². The molecular formula is C14H15FN4O2. The number of nitrogens with one attached hydrogen (secondary N) is 2. The Morgan fingerprint density at radius 2 is 2.33 bits per heavy atom. The summed E-state index contributed by atoms with van der Waals surface area (Å²) in [5.41, 5.74) is 0.566. The molecule has 0 aliphatic carbocycles. The van der Waals surface area contributed by atoms with Gasteiger partial charge >= 0.3 is 0 Å². The first kappa shape index (κ1) is 14.7. The molecule has 1 aromatic heterocycles. The number of hydrogen-bond acceptors (Lipinski definition) is 4. The Kier molecular flexibility index (Phi) is 4.65. The standard InChI is InChI=1S/C14H15FN4O2/c1-9(14-16-8-17-19-14)18-13(20)6-4-10-3-5-12(21-2)11(15)7-10/h3-9H,1-2H3,(H,18,20)(H,16,17,19)/b6-4+. The van der Waals surface area contributed by atoms with Gasteiger partial charge in [-0.05, 0) is 30.7 Å². The monoisotopic (exact) mass is 290 g/mol. The average molecular weight is 290 g/mol. The summed E-state index contributed by atoms with van der Waals surface area (Å²) < 4.78 is 18.3. The van der Waals surface area contributed by atoms with Crippen molar-refractivity contribution >= 4 is 12.0 Å². The van der Waals surface area contributed by atoms with Gasteiger partial charge in [-0.2, -0.15) is 5.10 Å². The molecule has 0 saturated heterocycles. The van der Waals surface area contributed by atoms with Gasteiger partial charge in [-0.15, -0.1) is 0 Å². The number of ether oxygens (including phenoxy) is 1. The molecule has 1 amide bonds. The summed E-state index contributed by atoms with van der Waals surface area (Å²) in [6.45, 7) is 1.78. The number of carbonyl (C=O) groups excluding carboxylic acids is 1. The van der Waals surface area contributed by atoms with Gasteiger partial charge in [-0.25, -0.2) is 9.37 Å². The number of H-pyrrole nitrogens is 1. The van der Waals surface area contributed by atoms with Gasteiger partial charge in [-0.1, -0.05) is 6.07 Å². The molecule has 2 rings (SSSR count). The lowest BCUT2D eigenvalue weighted by molar-refractivity contribution is -0.117. The van der Waals surface area contributed by atoms with E-state index in [-0.39, 0.29) is 17.7 Å². The molecule has 0 saturated carbocycles. The highest BCUT2D eigenvalue weighted by Gasteiger charge is 2.09. The van der Waals surface area contributed by atoms with E-state index in [9.17, 15) is 9.18 Å². The van der Waals surface area contributed by atoms with E-state index in [1.165, 1.54) is 37.7 Å². The third kappa shape index (κ3) is 3.88. The second-order valence-corrected chi connectivity index (χ2v) is 4.33. The number of aromatic nitrogens is 3. The molecule has 6 nitrogen and oxygen atoms in total. The third-order valence-electron chi connectivity index (χ3n) is 2.81. The average Bonchev–Trinajstić information content (AvgIpc) is 2.99. The van der Waals surface area contributed by atoms with Crippen molar-refractivity contribution in [3.63, 3.8) is 0 Å². The Labute approximate surface area is 121 Å². The van der Waals surface area contributed by atoms with Crippen LogP contribution in [0.15, 0.2) is 30.6 Å². The molecule has 21 heavy (non-hydrogen) atoms. The van der Waals surface area contributed by atoms with E-state index in [1.54, 1.807) is 13.0 Å². The van der Waals surface area contributed by atoms with Crippen molar-refractivity contribution in [2.45, 2.75) is 13.0 Å². The van der Waals surface area contributed by atoms with Crippen molar-refractivity contribution in [1.82, 2.24) is 20.5 Å². The highest BCUT2D eigenvalue weighted by Crippen LogP contribution is 2.18. The van der Waals surface area contributed by atoms with Gasteiger partial charge in [-0.3, -0.25) is 9.89 Å². The van der Waals surface area contributed by atoms with E-state index in [4.69, 9.17) is 4.74 Å². The highest BCUT2D eigenvalue weighted by molar-refractivity contribution is 5.91. The summed E-state index contributed by atoms with van der Waals surface area (Å²) in [4.78, 5) is 15.7. The van der Waals surface area contributed by atoms with Crippen molar-refractivity contribution in [3.05, 3.63) is 47.8 Å². The summed E-state index contributed by atoms with van der Waals surface area (Å²) in [7, 11) is 1.40. The summed E-state index contributed by atoms with van der Waals surface area (Å²) in [5, 5.41) is 9.10. The Hall–Kier alpha value is -2.70. The number of benzene rings is 1. The fourth-order valence-corrected chi connectivity index (χ4v) is 1.71. The molecule has 1 aromatic carbocycles. The molecule has 1 atom stereocenters. The van der Waals surface area contributed by atoms with Crippen LogP contribution in [0.1, 0.15) is 24.4 Å². The number of nitrogens with zero attached hydrogens (tertiary/aromatic N) is 2. The maximum atomic E-state index is 13.5. The molecule has 2 N–H and O–H groups in total. The van der Waals surface area contributed by atoms with Gasteiger partial charge in [0.15, 0.2) is 11.6 Å². The first-order valence-corrected chi connectivity index (χ1v) is 6.27. The number of halogens is 1. The van der Waals surface area contributed by atoms with E-state index in [2.05, 4.69) is 20.5 Å².